The van der Waals surface area contributed by atoms with Gasteiger partial charge in [-0.3, -0.25) is 9.78 Å². The van der Waals surface area contributed by atoms with Crippen LogP contribution in [0.2, 0.25) is 0 Å². The van der Waals surface area contributed by atoms with Gasteiger partial charge in [-0.1, -0.05) is 19.1 Å². The fourth-order valence-corrected chi connectivity index (χ4v) is 2.75. The Bertz CT molecular complexity index is 672. The van der Waals surface area contributed by atoms with Crippen LogP contribution < -0.4 is 10.6 Å². The molecule has 5 heteroatoms. The van der Waals surface area contributed by atoms with Crippen molar-refractivity contribution in [2.24, 2.45) is 0 Å². The second-order valence-corrected chi connectivity index (χ2v) is 8.46. The third-order valence-corrected chi connectivity index (χ3v) is 4.74. The summed E-state index contributed by atoms with van der Waals surface area (Å²) in [6, 6.07) is 10.6. The number of pyridine rings is 1. The lowest BCUT2D eigenvalue weighted by atomic mass is 10.2. The summed E-state index contributed by atoms with van der Waals surface area (Å²) in [6.45, 7) is 5.45. The lowest BCUT2D eigenvalue weighted by molar-refractivity contribution is 0.102. The van der Waals surface area contributed by atoms with Crippen LogP contribution in [-0.4, -0.2) is 24.2 Å². The first-order valence-electron chi connectivity index (χ1n) is 6.82. The molecule has 2 rings (SSSR count). The molecule has 0 radical (unpaired) electrons. The van der Waals surface area contributed by atoms with Crippen molar-refractivity contribution in [1.82, 2.24) is 4.98 Å². The van der Waals surface area contributed by atoms with E-state index in [0.717, 1.165) is 17.4 Å². The Morgan fingerprint density at radius 1 is 1.14 bits per heavy atom. The van der Waals surface area contributed by atoms with E-state index in [1.165, 1.54) is 0 Å². The third-order valence-electron chi connectivity index (χ3n) is 3.20. The Kier molecular flexibility index (Phi) is 4.59. The molecule has 0 aliphatic rings. The van der Waals surface area contributed by atoms with Gasteiger partial charge in [0.2, 0.25) is 0 Å². The third kappa shape index (κ3) is 4.02. The average molecular weight is 302 g/mol. The lowest BCUT2D eigenvalue weighted by Crippen LogP contribution is -2.13. The molecule has 0 aliphatic heterocycles. The van der Waals surface area contributed by atoms with Crippen LogP contribution in [0.15, 0.2) is 42.6 Å². The smallest absolute Gasteiger partial charge is 0.255 e. The largest absolute Gasteiger partial charge is 0.321 e. The number of carbonyl (C=O) groups is 1. The molecular weight excluding hydrogens is 283 g/mol. The van der Waals surface area contributed by atoms with Gasteiger partial charge in [0.1, 0.15) is 7.14 Å². The van der Waals surface area contributed by atoms with E-state index in [9.17, 15) is 9.36 Å². The van der Waals surface area contributed by atoms with Gasteiger partial charge in [-0.05, 0) is 44.0 Å². The van der Waals surface area contributed by atoms with Crippen LogP contribution in [0.1, 0.15) is 23.0 Å². The van der Waals surface area contributed by atoms with Crippen LogP contribution >= 0.6 is 7.14 Å². The summed E-state index contributed by atoms with van der Waals surface area (Å²) in [5.74, 6) is -0.199. The normalized spacial score (nSPS) is 11.2. The highest BCUT2D eigenvalue weighted by Gasteiger charge is 2.12. The maximum absolute atomic E-state index is 12.1. The second-order valence-electron chi connectivity index (χ2n) is 5.24. The number of hydrogen-bond donors (Lipinski definition) is 1. The van der Waals surface area contributed by atoms with E-state index in [0.29, 0.717) is 11.3 Å². The monoisotopic (exact) mass is 302 g/mol. The minimum atomic E-state index is -2.29. The predicted molar refractivity (Wildman–Crippen MR) is 87.1 cm³/mol. The second kappa shape index (κ2) is 6.23. The number of anilines is 1. The standard InChI is InChI=1S/C16H19N2O2P/c1-4-13-7-8-14(11-17-13)18-16(19)12-5-9-15(10-6-12)21(2,3)20/h5-11H,4H2,1-3H3,(H,18,19). The fourth-order valence-electron chi connectivity index (χ4n) is 1.88. The fraction of sp³-hybridized carbons (Fsp3) is 0.250. The summed E-state index contributed by atoms with van der Waals surface area (Å²) >= 11 is 0. The number of nitrogens with zero attached hydrogens (tertiary/aromatic N) is 1. The molecule has 0 aliphatic carbocycles. The number of benzene rings is 1. The zero-order valence-corrected chi connectivity index (χ0v) is 13.4. The van der Waals surface area contributed by atoms with E-state index in [2.05, 4.69) is 10.3 Å². The number of amides is 1. The summed E-state index contributed by atoms with van der Waals surface area (Å²) in [5.41, 5.74) is 2.18. The molecule has 0 spiro atoms. The maximum atomic E-state index is 12.1. The first-order chi connectivity index (χ1) is 9.90. The molecule has 1 heterocycles. The number of aromatic nitrogens is 1. The highest BCUT2D eigenvalue weighted by Crippen LogP contribution is 2.34. The molecule has 110 valence electrons. The summed E-state index contributed by atoms with van der Waals surface area (Å²) in [7, 11) is -2.29. The van der Waals surface area contributed by atoms with E-state index in [1.807, 2.05) is 19.1 Å². The van der Waals surface area contributed by atoms with E-state index < -0.39 is 7.14 Å². The van der Waals surface area contributed by atoms with Crippen molar-refractivity contribution in [3.63, 3.8) is 0 Å². The molecule has 0 unspecified atom stereocenters. The van der Waals surface area contributed by atoms with Gasteiger partial charge in [0.25, 0.3) is 5.91 Å². The highest BCUT2D eigenvalue weighted by molar-refractivity contribution is 7.70. The molecule has 0 bridgehead atoms. The lowest BCUT2D eigenvalue weighted by Gasteiger charge is -2.09. The topological polar surface area (TPSA) is 59.1 Å². The predicted octanol–water partition coefficient (Wildman–Crippen LogP) is 3.14. The highest BCUT2D eigenvalue weighted by atomic mass is 31.2. The molecule has 0 saturated carbocycles. The quantitative estimate of drug-likeness (QED) is 0.883. The summed E-state index contributed by atoms with van der Waals surface area (Å²) in [6.07, 6.45) is 2.52. The van der Waals surface area contributed by atoms with E-state index >= 15 is 0 Å². The minimum Gasteiger partial charge on any atom is -0.321 e. The Balaban J connectivity index is 2.11. The van der Waals surface area contributed by atoms with Crippen molar-refractivity contribution in [2.45, 2.75) is 13.3 Å². The Morgan fingerprint density at radius 2 is 1.81 bits per heavy atom. The molecule has 2 aromatic rings. The number of rotatable bonds is 4. The zero-order chi connectivity index (χ0) is 15.5. The van der Waals surface area contributed by atoms with Crippen molar-refractivity contribution in [3.05, 3.63) is 53.9 Å². The van der Waals surface area contributed by atoms with Crippen LogP contribution in [0.4, 0.5) is 5.69 Å². The van der Waals surface area contributed by atoms with Crippen LogP contribution in [0.3, 0.4) is 0 Å². The van der Waals surface area contributed by atoms with Crippen LogP contribution in [-0.2, 0) is 11.0 Å². The van der Waals surface area contributed by atoms with Crippen LogP contribution in [0.25, 0.3) is 0 Å². The Hall–Kier alpha value is -1.93. The maximum Gasteiger partial charge on any atom is 0.255 e. The Labute approximate surface area is 125 Å². The molecule has 0 atom stereocenters. The minimum absolute atomic E-state index is 0.199. The van der Waals surface area contributed by atoms with Crippen molar-refractivity contribution >= 4 is 24.0 Å². The number of carbonyl (C=O) groups excluding carboxylic acids is 1. The molecule has 0 fully saturated rings. The van der Waals surface area contributed by atoms with Gasteiger partial charge in [-0.15, -0.1) is 0 Å². The van der Waals surface area contributed by atoms with Crippen LogP contribution in [0, 0.1) is 0 Å². The number of nitrogens with one attached hydrogen (secondary N) is 1. The molecule has 1 amide bonds. The van der Waals surface area contributed by atoms with Crippen molar-refractivity contribution in [1.29, 1.82) is 0 Å². The molecule has 4 nitrogen and oxygen atoms in total. The summed E-state index contributed by atoms with van der Waals surface area (Å²) < 4.78 is 11.9. The molecular formula is C16H19N2O2P. The van der Waals surface area contributed by atoms with Gasteiger partial charge < -0.3 is 9.88 Å². The van der Waals surface area contributed by atoms with Crippen molar-refractivity contribution in [2.75, 3.05) is 18.6 Å². The Morgan fingerprint density at radius 3 is 2.29 bits per heavy atom. The molecule has 0 saturated heterocycles. The molecule has 1 aromatic carbocycles. The van der Waals surface area contributed by atoms with Gasteiger partial charge in [-0.2, -0.15) is 0 Å². The molecule has 1 N–H and O–H groups in total. The number of aryl methyl sites for hydroxylation is 1. The summed E-state index contributed by atoms with van der Waals surface area (Å²) in [5, 5.41) is 3.57. The first-order valence-corrected chi connectivity index (χ1v) is 9.42. The van der Waals surface area contributed by atoms with Crippen molar-refractivity contribution < 1.29 is 9.36 Å². The molecule has 21 heavy (non-hydrogen) atoms. The van der Waals surface area contributed by atoms with E-state index in [1.54, 1.807) is 43.8 Å². The zero-order valence-electron chi connectivity index (χ0n) is 12.5. The molecule has 1 aromatic heterocycles. The number of hydrogen-bond acceptors (Lipinski definition) is 3. The summed E-state index contributed by atoms with van der Waals surface area (Å²) in [4.78, 5) is 16.4. The van der Waals surface area contributed by atoms with Crippen molar-refractivity contribution in [3.8, 4) is 0 Å². The first kappa shape index (κ1) is 15.5. The SMILES string of the molecule is CCc1ccc(NC(=O)c2ccc(P(C)(C)=O)cc2)cn1. The van der Waals surface area contributed by atoms with Gasteiger partial charge in [-0.25, -0.2) is 0 Å². The average Bonchev–Trinajstić information content (AvgIpc) is 2.47. The van der Waals surface area contributed by atoms with Gasteiger partial charge in [0.05, 0.1) is 11.9 Å². The van der Waals surface area contributed by atoms with E-state index in [4.69, 9.17) is 0 Å². The van der Waals surface area contributed by atoms with Gasteiger partial charge in [0, 0.05) is 16.6 Å². The van der Waals surface area contributed by atoms with E-state index in [-0.39, 0.29) is 5.91 Å². The van der Waals surface area contributed by atoms with Gasteiger partial charge >= 0.3 is 0 Å². The van der Waals surface area contributed by atoms with Gasteiger partial charge in [0.15, 0.2) is 0 Å². The van der Waals surface area contributed by atoms with Crippen LogP contribution in [0.5, 0.6) is 0 Å².